The van der Waals surface area contributed by atoms with Crippen LogP contribution in [0, 0.1) is 0 Å². The molecule has 0 bridgehead atoms. The van der Waals surface area contributed by atoms with E-state index in [0.29, 0.717) is 24.6 Å². The van der Waals surface area contributed by atoms with Gasteiger partial charge >= 0.3 is 0 Å². The molecule has 19 heavy (non-hydrogen) atoms. The topological polar surface area (TPSA) is 74.6 Å². The number of hydrogen-bond donors (Lipinski definition) is 1. The van der Waals surface area contributed by atoms with E-state index < -0.39 is 5.60 Å². The molecule has 1 heterocycles. The van der Waals surface area contributed by atoms with E-state index in [0.717, 1.165) is 0 Å². The Morgan fingerprint density at radius 1 is 1.47 bits per heavy atom. The first kappa shape index (κ1) is 15.5. The third-order valence-corrected chi connectivity index (χ3v) is 2.80. The molecule has 0 saturated heterocycles. The van der Waals surface area contributed by atoms with E-state index in [4.69, 9.17) is 14.2 Å². The number of methoxy groups -OCH3 is 3. The van der Waals surface area contributed by atoms with Gasteiger partial charge in [0.15, 0.2) is 0 Å². The minimum atomic E-state index is -0.570. The Balaban J connectivity index is 2.69. The van der Waals surface area contributed by atoms with E-state index in [2.05, 4.69) is 10.4 Å². The SMILES string of the molecule is COC[C@](C)(CNC(=O)c1cn(C)nc1OC)OC. The van der Waals surface area contributed by atoms with Gasteiger partial charge in [0, 0.05) is 34.0 Å². The van der Waals surface area contributed by atoms with Crippen LogP contribution in [0.25, 0.3) is 0 Å². The Morgan fingerprint density at radius 2 is 2.16 bits per heavy atom. The predicted octanol–water partition coefficient (Wildman–Crippen LogP) is 0.210. The van der Waals surface area contributed by atoms with Crippen molar-refractivity contribution >= 4 is 5.91 Å². The lowest BCUT2D eigenvalue weighted by atomic mass is 10.1. The minimum Gasteiger partial charge on any atom is -0.479 e. The Hall–Kier alpha value is -1.60. The molecule has 1 aromatic rings. The summed E-state index contributed by atoms with van der Waals surface area (Å²) in [6, 6.07) is 0. The molecule has 0 fully saturated rings. The van der Waals surface area contributed by atoms with E-state index in [9.17, 15) is 4.79 Å². The van der Waals surface area contributed by atoms with Crippen LogP contribution in [0.5, 0.6) is 5.88 Å². The van der Waals surface area contributed by atoms with E-state index >= 15 is 0 Å². The first-order valence-corrected chi connectivity index (χ1v) is 5.85. The summed E-state index contributed by atoms with van der Waals surface area (Å²) in [7, 11) is 6.37. The van der Waals surface area contributed by atoms with Gasteiger partial charge in [-0.2, -0.15) is 0 Å². The average Bonchev–Trinajstić information content (AvgIpc) is 2.77. The highest BCUT2D eigenvalue weighted by molar-refractivity contribution is 5.96. The van der Waals surface area contributed by atoms with Gasteiger partial charge in [0.05, 0.1) is 13.7 Å². The fourth-order valence-electron chi connectivity index (χ4n) is 1.62. The van der Waals surface area contributed by atoms with Crippen LogP contribution in [0.2, 0.25) is 0 Å². The second-order valence-corrected chi connectivity index (χ2v) is 4.50. The van der Waals surface area contributed by atoms with E-state index in [-0.39, 0.29) is 5.91 Å². The van der Waals surface area contributed by atoms with Crippen LogP contribution >= 0.6 is 0 Å². The molecular formula is C12H21N3O4. The normalized spacial score (nSPS) is 13.9. The minimum absolute atomic E-state index is 0.260. The molecule has 1 N–H and O–H groups in total. The molecule has 0 spiro atoms. The summed E-state index contributed by atoms with van der Waals surface area (Å²) in [5, 5.41) is 6.81. The van der Waals surface area contributed by atoms with Crippen LogP contribution in [0.3, 0.4) is 0 Å². The van der Waals surface area contributed by atoms with Crippen LogP contribution in [0.1, 0.15) is 17.3 Å². The summed E-state index contributed by atoms with van der Waals surface area (Å²) >= 11 is 0. The van der Waals surface area contributed by atoms with Crippen molar-refractivity contribution in [3.05, 3.63) is 11.8 Å². The zero-order valence-corrected chi connectivity index (χ0v) is 12.0. The quantitative estimate of drug-likeness (QED) is 0.767. The molecule has 1 atom stereocenters. The van der Waals surface area contributed by atoms with Crippen LogP contribution in [0.4, 0.5) is 0 Å². The number of nitrogens with zero attached hydrogens (tertiary/aromatic N) is 2. The number of amides is 1. The van der Waals surface area contributed by atoms with Gasteiger partial charge in [-0.25, -0.2) is 0 Å². The largest absolute Gasteiger partial charge is 0.479 e. The van der Waals surface area contributed by atoms with Gasteiger partial charge in [-0.05, 0) is 6.92 Å². The summed E-state index contributed by atoms with van der Waals surface area (Å²) in [5.41, 5.74) is -0.180. The molecule has 7 heteroatoms. The molecule has 1 aromatic heterocycles. The van der Waals surface area contributed by atoms with Gasteiger partial charge in [0.1, 0.15) is 11.2 Å². The van der Waals surface area contributed by atoms with Gasteiger partial charge in [-0.15, -0.1) is 5.10 Å². The van der Waals surface area contributed by atoms with E-state index in [1.54, 1.807) is 27.5 Å². The average molecular weight is 271 g/mol. The molecule has 0 aliphatic carbocycles. The van der Waals surface area contributed by atoms with Gasteiger partial charge in [0.25, 0.3) is 5.91 Å². The molecule has 0 aromatic carbocycles. The number of aromatic nitrogens is 2. The van der Waals surface area contributed by atoms with Crippen molar-refractivity contribution in [3.63, 3.8) is 0 Å². The van der Waals surface area contributed by atoms with Gasteiger partial charge < -0.3 is 19.5 Å². The van der Waals surface area contributed by atoms with Crippen LogP contribution in [0.15, 0.2) is 6.20 Å². The summed E-state index contributed by atoms with van der Waals surface area (Å²) < 4.78 is 17.0. The Labute approximate surface area is 112 Å². The fourth-order valence-corrected chi connectivity index (χ4v) is 1.62. The first-order chi connectivity index (χ1) is 8.95. The Bertz CT molecular complexity index is 433. The Kier molecular flexibility index (Phi) is 5.31. The summed E-state index contributed by atoms with van der Waals surface area (Å²) in [5.74, 6) is 0.0372. The van der Waals surface area contributed by atoms with E-state index in [1.165, 1.54) is 11.8 Å². The highest BCUT2D eigenvalue weighted by Gasteiger charge is 2.26. The number of aryl methyl sites for hydroxylation is 1. The first-order valence-electron chi connectivity index (χ1n) is 5.85. The third-order valence-electron chi connectivity index (χ3n) is 2.80. The lowest BCUT2D eigenvalue weighted by molar-refractivity contribution is -0.0479. The highest BCUT2D eigenvalue weighted by Crippen LogP contribution is 2.15. The molecule has 1 amide bonds. The monoisotopic (exact) mass is 271 g/mol. The zero-order valence-electron chi connectivity index (χ0n) is 12.0. The molecule has 0 unspecified atom stereocenters. The summed E-state index contributed by atoms with van der Waals surface area (Å²) in [6.07, 6.45) is 1.61. The van der Waals surface area contributed by atoms with Crippen molar-refractivity contribution in [3.8, 4) is 5.88 Å². The zero-order chi connectivity index (χ0) is 14.5. The molecular weight excluding hydrogens is 250 g/mol. The van der Waals surface area contributed by atoms with Crippen LogP contribution in [-0.4, -0.2) is 55.8 Å². The Morgan fingerprint density at radius 3 is 2.68 bits per heavy atom. The summed E-state index contributed by atoms with van der Waals surface area (Å²) in [4.78, 5) is 12.1. The molecule has 0 radical (unpaired) electrons. The molecule has 1 rings (SSSR count). The standard InChI is InChI=1S/C12H21N3O4/c1-12(19-5,8-17-3)7-13-10(16)9-6-15(2)14-11(9)18-4/h6H,7-8H2,1-5H3,(H,13,16)/t12-/m0/s1. The maximum Gasteiger partial charge on any atom is 0.258 e. The number of carbonyl (C=O) groups is 1. The van der Waals surface area contributed by atoms with E-state index in [1.807, 2.05) is 6.92 Å². The fraction of sp³-hybridized carbons (Fsp3) is 0.667. The van der Waals surface area contributed by atoms with Crippen molar-refractivity contribution in [1.82, 2.24) is 15.1 Å². The second-order valence-electron chi connectivity index (χ2n) is 4.50. The molecule has 0 aliphatic rings. The maximum absolute atomic E-state index is 12.1. The predicted molar refractivity (Wildman–Crippen MR) is 69.4 cm³/mol. The van der Waals surface area contributed by atoms with Crippen molar-refractivity contribution < 1.29 is 19.0 Å². The molecule has 0 saturated carbocycles. The van der Waals surface area contributed by atoms with Gasteiger partial charge in [-0.3, -0.25) is 9.48 Å². The number of nitrogens with one attached hydrogen (secondary N) is 1. The lowest BCUT2D eigenvalue weighted by Gasteiger charge is -2.27. The van der Waals surface area contributed by atoms with Crippen LogP contribution in [-0.2, 0) is 16.5 Å². The number of hydrogen-bond acceptors (Lipinski definition) is 5. The van der Waals surface area contributed by atoms with Crippen molar-refractivity contribution in [2.45, 2.75) is 12.5 Å². The van der Waals surface area contributed by atoms with Crippen molar-refractivity contribution in [1.29, 1.82) is 0 Å². The number of rotatable bonds is 7. The van der Waals surface area contributed by atoms with Crippen molar-refractivity contribution in [2.75, 3.05) is 34.5 Å². The van der Waals surface area contributed by atoms with Gasteiger partial charge in [-0.1, -0.05) is 0 Å². The third kappa shape index (κ3) is 3.93. The molecule has 0 aliphatic heterocycles. The second kappa shape index (κ2) is 6.53. The maximum atomic E-state index is 12.1. The van der Waals surface area contributed by atoms with Crippen molar-refractivity contribution in [2.24, 2.45) is 7.05 Å². The lowest BCUT2D eigenvalue weighted by Crippen LogP contribution is -2.45. The number of ether oxygens (including phenoxy) is 3. The highest BCUT2D eigenvalue weighted by atomic mass is 16.5. The summed E-state index contributed by atoms with van der Waals surface area (Å²) in [6.45, 7) is 2.57. The molecule has 108 valence electrons. The molecule has 7 nitrogen and oxygen atoms in total. The van der Waals surface area contributed by atoms with Gasteiger partial charge in [0.2, 0.25) is 5.88 Å². The van der Waals surface area contributed by atoms with Crippen LogP contribution < -0.4 is 10.1 Å². The smallest absolute Gasteiger partial charge is 0.258 e. The number of carbonyl (C=O) groups excluding carboxylic acids is 1.